The maximum atomic E-state index is 2.43. The highest BCUT2D eigenvalue weighted by Crippen LogP contribution is 2.45. The molecule has 21 heavy (non-hydrogen) atoms. The van der Waals surface area contributed by atoms with Crippen LogP contribution in [0, 0.1) is 13.8 Å². The van der Waals surface area contributed by atoms with Crippen LogP contribution in [0.1, 0.15) is 65.8 Å². The molecular weight excluding hydrogens is 252 g/mol. The van der Waals surface area contributed by atoms with E-state index >= 15 is 0 Å². The minimum atomic E-state index is 0.807. The molecule has 108 valence electrons. The molecule has 2 aliphatic carbocycles. The maximum Gasteiger partial charge on any atom is -0.00105 e. The molecule has 1 fully saturated rings. The van der Waals surface area contributed by atoms with Crippen LogP contribution < -0.4 is 0 Å². The van der Waals surface area contributed by atoms with Crippen molar-refractivity contribution in [2.45, 2.75) is 58.3 Å². The minimum absolute atomic E-state index is 0.807. The lowest BCUT2D eigenvalue weighted by molar-refractivity contribution is 0.441. The van der Waals surface area contributed by atoms with Gasteiger partial charge in [-0.3, -0.25) is 0 Å². The molecule has 0 aliphatic heterocycles. The molecule has 0 heteroatoms. The molecule has 2 aromatic carbocycles. The van der Waals surface area contributed by atoms with Gasteiger partial charge in [-0.15, -0.1) is 0 Å². The lowest BCUT2D eigenvalue weighted by Crippen LogP contribution is -2.10. The van der Waals surface area contributed by atoms with Crippen molar-refractivity contribution in [3.8, 4) is 11.1 Å². The van der Waals surface area contributed by atoms with Gasteiger partial charge in [0.05, 0.1) is 0 Å². The summed E-state index contributed by atoms with van der Waals surface area (Å²) in [5.41, 5.74) is 10.9. The zero-order chi connectivity index (χ0) is 14.4. The molecule has 0 heterocycles. The summed E-state index contributed by atoms with van der Waals surface area (Å²) in [4.78, 5) is 0. The first-order chi connectivity index (χ1) is 10.3. The molecule has 2 aromatic rings. The van der Waals surface area contributed by atoms with Crippen LogP contribution in [0.4, 0.5) is 0 Å². The third-order valence-electron chi connectivity index (χ3n) is 5.69. The zero-order valence-electron chi connectivity index (χ0n) is 13.2. The molecule has 0 radical (unpaired) electrons. The Kier molecular flexibility index (Phi) is 3.14. The lowest BCUT2D eigenvalue weighted by atomic mass is 9.78. The van der Waals surface area contributed by atoms with Crippen molar-refractivity contribution >= 4 is 0 Å². The van der Waals surface area contributed by atoms with E-state index in [1.165, 1.54) is 54.4 Å². The second-order valence-electron chi connectivity index (χ2n) is 6.93. The van der Waals surface area contributed by atoms with Gasteiger partial charge in [-0.25, -0.2) is 0 Å². The highest BCUT2D eigenvalue weighted by atomic mass is 14.3. The van der Waals surface area contributed by atoms with E-state index in [9.17, 15) is 0 Å². The quantitative estimate of drug-likeness (QED) is 0.517. The van der Waals surface area contributed by atoms with Gasteiger partial charge in [-0.1, -0.05) is 49.6 Å². The second-order valence-corrected chi connectivity index (χ2v) is 6.93. The Hall–Kier alpha value is -1.56. The largest absolute Gasteiger partial charge is 0.0619 e. The molecule has 0 amide bonds. The molecule has 2 aliphatic rings. The molecule has 0 aromatic heterocycles. The van der Waals surface area contributed by atoms with Gasteiger partial charge in [0.15, 0.2) is 0 Å². The number of rotatable bonds is 1. The van der Waals surface area contributed by atoms with Gasteiger partial charge in [0.1, 0.15) is 0 Å². The topological polar surface area (TPSA) is 0 Å². The predicted molar refractivity (Wildman–Crippen MR) is 90.0 cm³/mol. The zero-order valence-corrected chi connectivity index (χ0v) is 13.2. The van der Waals surface area contributed by atoms with E-state index in [4.69, 9.17) is 0 Å². The summed E-state index contributed by atoms with van der Waals surface area (Å²) >= 11 is 0. The van der Waals surface area contributed by atoms with Gasteiger partial charge in [0, 0.05) is 0 Å². The Morgan fingerprint density at radius 1 is 0.905 bits per heavy atom. The number of fused-ring (bicyclic) bond motifs is 3. The van der Waals surface area contributed by atoms with Crippen LogP contribution in [0.2, 0.25) is 0 Å². The Morgan fingerprint density at radius 3 is 2.48 bits per heavy atom. The standard InChI is InChI=1S/C21H24/c1-14-12-19-18-11-7-6-10-17(18)13-20(19)21(15(14)2)16-8-4-3-5-9-16/h6-7,10-12,16H,3-5,8-9,13H2,1-2H3. The van der Waals surface area contributed by atoms with Crippen molar-refractivity contribution in [2.24, 2.45) is 0 Å². The van der Waals surface area contributed by atoms with E-state index in [2.05, 4.69) is 44.2 Å². The van der Waals surface area contributed by atoms with Crippen LogP contribution in [0.5, 0.6) is 0 Å². The van der Waals surface area contributed by atoms with E-state index in [0.29, 0.717) is 0 Å². The normalized spacial score (nSPS) is 17.6. The van der Waals surface area contributed by atoms with Crippen molar-refractivity contribution < 1.29 is 0 Å². The molecule has 0 atom stereocenters. The highest BCUT2D eigenvalue weighted by Gasteiger charge is 2.27. The fourth-order valence-electron chi connectivity index (χ4n) is 4.50. The molecule has 0 saturated heterocycles. The maximum absolute atomic E-state index is 2.43. The first-order valence-electron chi connectivity index (χ1n) is 8.47. The Labute approximate surface area is 128 Å². The van der Waals surface area contributed by atoms with Crippen molar-refractivity contribution in [3.05, 3.63) is 58.1 Å². The van der Waals surface area contributed by atoms with Crippen LogP contribution in [-0.2, 0) is 6.42 Å². The molecule has 0 nitrogen and oxygen atoms in total. The van der Waals surface area contributed by atoms with Gasteiger partial charge in [-0.2, -0.15) is 0 Å². The Bertz CT molecular complexity index is 687. The molecular formula is C21H24. The number of hydrogen-bond acceptors (Lipinski definition) is 0. The summed E-state index contributed by atoms with van der Waals surface area (Å²) in [5, 5.41) is 0. The van der Waals surface area contributed by atoms with Gasteiger partial charge in [-0.05, 0) is 78.0 Å². The minimum Gasteiger partial charge on any atom is -0.0619 e. The van der Waals surface area contributed by atoms with E-state index < -0.39 is 0 Å². The number of aryl methyl sites for hydroxylation is 1. The van der Waals surface area contributed by atoms with Gasteiger partial charge < -0.3 is 0 Å². The molecule has 0 bridgehead atoms. The SMILES string of the molecule is Cc1cc2c(c(C3CCCCC3)c1C)Cc1ccccc1-2. The van der Waals surface area contributed by atoms with Crippen molar-refractivity contribution in [3.63, 3.8) is 0 Å². The number of benzene rings is 2. The van der Waals surface area contributed by atoms with E-state index in [1.54, 1.807) is 16.7 Å². The molecule has 0 unspecified atom stereocenters. The summed E-state index contributed by atoms with van der Waals surface area (Å²) in [6, 6.07) is 11.4. The Morgan fingerprint density at radius 2 is 1.67 bits per heavy atom. The molecule has 0 N–H and O–H groups in total. The molecule has 0 spiro atoms. The molecule has 1 saturated carbocycles. The fourth-order valence-corrected chi connectivity index (χ4v) is 4.50. The third-order valence-corrected chi connectivity index (χ3v) is 5.69. The first kappa shape index (κ1) is 13.1. The smallest absolute Gasteiger partial charge is 0.00105 e. The van der Waals surface area contributed by atoms with Crippen LogP contribution in [0.25, 0.3) is 11.1 Å². The average Bonchev–Trinajstić information content (AvgIpc) is 2.87. The van der Waals surface area contributed by atoms with Crippen LogP contribution in [-0.4, -0.2) is 0 Å². The van der Waals surface area contributed by atoms with Crippen LogP contribution in [0.3, 0.4) is 0 Å². The van der Waals surface area contributed by atoms with E-state index in [-0.39, 0.29) is 0 Å². The van der Waals surface area contributed by atoms with Crippen LogP contribution >= 0.6 is 0 Å². The number of hydrogen-bond donors (Lipinski definition) is 0. The van der Waals surface area contributed by atoms with Crippen LogP contribution in [0.15, 0.2) is 30.3 Å². The average molecular weight is 276 g/mol. The van der Waals surface area contributed by atoms with E-state index in [0.717, 1.165) is 12.3 Å². The fraction of sp³-hybridized carbons (Fsp3) is 0.429. The lowest BCUT2D eigenvalue weighted by Gasteiger charge is -2.27. The summed E-state index contributed by atoms with van der Waals surface area (Å²) in [7, 11) is 0. The summed E-state index contributed by atoms with van der Waals surface area (Å²) in [6.45, 7) is 4.64. The predicted octanol–water partition coefficient (Wildman–Crippen LogP) is 5.92. The first-order valence-corrected chi connectivity index (χ1v) is 8.47. The summed E-state index contributed by atoms with van der Waals surface area (Å²) in [6.07, 6.45) is 8.21. The molecule has 4 rings (SSSR count). The third kappa shape index (κ3) is 2.04. The highest BCUT2D eigenvalue weighted by molar-refractivity contribution is 5.79. The van der Waals surface area contributed by atoms with Gasteiger partial charge >= 0.3 is 0 Å². The monoisotopic (exact) mass is 276 g/mol. The van der Waals surface area contributed by atoms with Crippen molar-refractivity contribution in [2.75, 3.05) is 0 Å². The summed E-state index contributed by atoms with van der Waals surface area (Å²) in [5.74, 6) is 0.807. The second kappa shape index (κ2) is 5.02. The van der Waals surface area contributed by atoms with Crippen molar-refractivity contribution in [1.29, 1.82) is 0 Å². The van der Waals surface area contributed by atoms with Gasteiger partial charge in [0.2, 0.25) is 0 Å². The van der Waals surface area contributed by atoms with Gasteiger partial charge in [0.25, 0.3) is 0 Å². The van der Waals surface area contributed by atoms with E-state index in [1.807, 2.05) is 0 Å². The summed E-state index contributed by atoms with van der Waals surface area (Å²) < 4.78 is 0. The van der Waals surface area contributed by atoms with Crippen molar-refractivity contribution in [1.82, 2.24) is 0 Å². The Balaban J connectivity index is 1.90.